The quantitative estimate of drug-likeness (QED) is 0.800. The zero-order valence-electron chi connectivity index (χ0n) is 11.7. The smallest absolute Gasteiger partial charge is 0.162 e. The Balaban J connectivity index is 1.60. The van der Waals surface area contributed by atoms with Gasteiger partial charge in [0.1, 0.15) is 11.6 Å². The molecule has 1 aromatic carbocycles. The van der Waals surface area contributed by atoms with Crippen LogP contribution in [0.15, 0.2) is 47.1 Å². The highest BCUT2D eigenvalue weighted by molar-refractivity contribution is 5.93. The van der Waals surface area contributed by atoms with Gasteiger partial charge in [-0.15, -0.1) is 0 Å². The standard InChI is InChI=1S/C17H13N3O2/c18-9-12(17-19-13-4-1-2-5-14(13)20-17)16(21)11-8-10(11)15-6-3-7-22-15/h1-7,10-12H,8H2,(H,19,20). The maximum atomic E-state index is 12.6. The molecule has 0 radical (unpaired) electrons. The summed E-state index contributed by atoms with van der Waals surface area (Å²) < 4.78 is 5.35. The monoisotopic (exact) mass is 291 g/mol. The minimum atomic E-state index is -0.850. The largest absolute Gasteiger partial charge is 0.469 e. The first-order valence-electron chi connectivity index (χ1n) is 7.19. The van der Waals surface area contributed by atoms with E-state index in [0.717, 1.165) is 23.2 Å². The Kier molecular flexibility index (Phi) is 2.83. The van der Waals surface area contributed by atoms with Crippen LogP contribution in [0.2, 0.25) is 0 Å². The summed E-state index contributed by atoms with van der Waals surface area (Å²) in [7, 11) is 0. The van der Waals surface area contributed by atoms with Crippen molar-refractivity contribution >= 4 is 16.8 Å². The van der Waals surface area contributed by atoms with Crippen molar-refractivity contribution in [1.82, 2.24) is 9.97 Å². The summed E-state index contributed by atoms with van der Waals surface area (Å²) in [6.45, 7) is 0. The minimum Gasteiger partial charge on any atom is -0.469 e. The number of ketones is 1. The molecule has 1 N–H and O–H groups in total. The van der Waals surface area contributed by atoms with Gasteiger partial charge in [-0.1, -0.05) is 12.1 Å². The molecular formula is C17H13N3O2. The summed E-state index contributed by atoms with van der Waals surface area (Å²) in [4.78, 5) is 20.1. The fraction of sp³-hybridized carbons (Fsp3) is 0.235. The molecule has 4 rings (SSSR count). The number of carbonyl (C=O) groups excluding carboxylic acids is 1. The van der Waals surface area contributed by atoms with E-state index in [2.05, 4.69) is 16.0 Å². The van der Waals surface area contributed by atoms with Crippen LogP contribution in [0, 0.1) is 17.2 Å². The van der Waals surface area contributed by atoms with E-state index in [-0.39, 0.29) is 17.6 Å². The van der Waals surface area contributed by atoms with Crippen LogP contribution in [0.3, 0.4) is 0 Å². The maximum Gasteiger partial charge on any atom is 0.162 e. The SMILES string of the molecule is N#CC(C(=O)C1CC1c1ccco1)c1nc2ccccc2[nH]1. The number of imidazole rings is 1. The van der Waals surface area contributed by atoms with Gasteiger partial charge in [0.25, 0.3) is 0 Å². The Morgan fingerprint density at radius 2 is 2.23 bits per heavy atom. The van der Waals surface area contributed by atoms with Gasteiger partial charge >= 0.3 is 0 Å². The number of benzene rings is 1. The van der Waals surface area contributed by atoms with Crippen LogP contribution in [0.5, 0.6) is 0 Å². The molecule has 108 valence electrons. The molecule has 3 aromatic rings. The molecule has 0 aliphatic heterocycles. The van der Waals surface area contributed by atoms with Gasteiger partial charge in [-0.05, 0) is 30.7 Å². The maximum absolute atomic E-state index is 12.6. The second-order valence-corrected chi connectivity index (χ2v) is 5.57. The van der Waals surface area contributed by atoms with Crippen molar-refractivity contribution in [3.05, 3.63) is 54.2 Å². The molecule has 5 heteroatoms. The molecule has 0 saturated heterocycles. The number of hydrogen-bond acceptors (Lipinski definition) is 4. The van der Waals surface area contributed by atoms with Crippen molar-refractivity contribution in [3.63, 3.8) is 0 Å². The van der Waals surface area contributed by atoms with E-state index in [9.17, 15) is 10.1 Å². The number of carbonyl (C=O) groups is 1. The zero-order valence-corrected chi connectivity index (χ0v) is 11.7. The lowest BCUT2D eigenvalue weighted by molar-refractivity contribution is -0.120. The van der Waals surface area contributed by atoms with E-state index in [1.165, 1.54) is 0 Å². The Labute approximate surface area is 126 Å². The Morgan fingerprint density at radius 1 is 1.36 bits per heavy atom. The third kappa shape index (κ3) is 2.01. The molecule has 0 spiro atoms. The van der Waals surface area contributed by atoms with Crippen molar-refractivity contribution in [2.24, 2.45) is 5.92 Å². The lowest BCUT2D eigenvalue weighted by Gasteiger charge is -2.04. The summed E-state index contributed by atoms with van der Waals surface area (Å²) in [6, 6.07) is 13.3. The van der Waals surface area contributed by atoms with Crippen LogP contribution >= 0.6 is 0 Å². The van der Waals surface area contributed by atoms with Gasteiger partial charge in [0.2, 0.25) is 0 Å². The van der Waals surface area contributed by atoms with Crippen LogP contribution in [0.4, 0.5) is 0 Å². The van der Waals surface area contributed by atoms with E-state index in [1.807, 2.05) is 36.4 Å². The number of aromatic nitrogens is 2. The van der Waals surface area contributed by atoms with Crippen LogP contribution in [-0.2, 0) is 4.79 Å². The fourth-order valence-electron chi connectivity index (χ4n) is 2.91. The number of para-hydroxylation sites is 2. The highest BCUT2D eigenvalue weighted by atomic mass is 16.3. The van der Waals surface area contributed by atoms with Gasteiger partial charge < -0.3 is 9.40 Å². The number of nitrogens with zero attached hydrogens (tertiary/aromatic N) is 2. The molecule has 2 aromatic heterocycles. The number of furan rings is 1. The van der Waals surface area contributed by atoms with Gasteiger partial charge in [-0.2, -0.15) is 5.26 Å². The van der Waals surface area contributed by atoms with E-state index >= 15 is 0 Å². The topological polar surface area (TPSA) is 82.7 Å². The molecule has 2 heterocycles. The number of nitriles is 1. The summed E-state index contributed by atoms with van der Waals surface area (Å²) in [5.74, 6) is 0.269. The van der Waals surface area contributed by atoms with Crippen molar-refractivity contribution in [2.75, 3.05) is 0 Å². The highest BCUT2D eigenvalue weighted by Gasteiger charge is 2.48. The molecular weight excluding hydrogens is 278 g/mol. The molecule has 0 bridgehead atoms. The molecule has 1 saturated carbocycles. The van der Waals surface area contributed by atoms with Gasteiger partial charge in [-0.3, -0.25) is 4.79 Å². The number of H-pyrrole nitrogens is 1. The van der Waals surface area contributed by atoms with E-state index in [4.69, 9.17) is 4.42 Å². The highest BCUT2D eigenvalue weighted by Crippen LogP contribution is 2.50. The predicted octanol–water partition coefficient (Wildman–Crippen LogP) is 3.14. The molecule has 3 unspecified atom stereocenters. The lowest BCUT2D eigenvalue weighted by Crippen LogP contribution is -2.15. The minimum absolute atomic E-state index is 0.0806. The first-order chi connectivity index (χ1) is 10.8. The Hall–Kier alpha value is -2.87. The summed E-state index contributed by atoms with van der Waals surface area (Å²) in [5, 5.41) is 9.41. The molecule has 22 heavy (non-hydrogen) atoms. The second kappa shape index (κ2) is 4.85. The predicted molar refractivity (Wildman–Crippen MR) is 79.0 cm³/mol. The summed E-state index contributed by atoms with van der Waals surface area (Å²) >= 11 is 0. The van der Waals surface area contributed by atoms with Crippen LogP contribution in [-0.4, -0.2) is 15.8 Å². The van der Waals surface area contributed by atoms with Gasteiger partial charge in [-0.25, -0.2) is 4.98 Å². The molecule has 0 amide bonds. The van der Waals surface area contributed by atoms with Gasteiger partial charge in [0, 0.05) is 11.8 Å². The molecule has 5 nitrogen and oxygen atoms in total. The Morgan fingerprint density at radius 3 is 2.95 bits per heavy atom. The van der Waals surface area contributed by atoms with Crippen LogP contribution in [0.25, 0.3) is 11.0 Å². The third-order valence-electron chi connectivity index (χ3n) is 4.16. The number of rotatable bonds is 4. The second-order valence-electron chi connectivity index (χ2n) is 5.57. The first-order valence-corrected chi connectivity index (χ1v) is 7.19. The lowest BCUT2D eigenvalue weighted by atomic mass is 10.00. The van der Waals surface area contributed by atoms with Crippen molar-refractivity contribution in [3.8, 4) is 6.07 Å². The third-order valence-corrected chi connectivity index (χ3v) is 4.16. The van der Waals surface area contributed by atoms with E-state index in [1.54, 1.807) is 6.26 Å². The number of Topliss-reactive ketones (excluding diaryl/α,β-unsaturated/α-hetero) is 1. The van der Waals surface area contributed by atoms with Crippen molar-refractivity contribution in [2.45, 2.75) is 18.3 Å². The van der Waals surface area contributed by atoms with E-state index in [0.29, 0.717) is 5.82 Å². The zero-order chi connectivity index (χ0) is 15.1. The average Bonchev–Trinajstić information content (AvgIpc) is 2.97. The van der Waals surface area contributed by atoms with Crippen LogP contribution < -0.4 is 0 Å². The van der Waals surface area contributed by atoms with Crippen molar-refractivity contribution < 1.29 is 9.21 Å². The molecule has 1 aliphatic carbocycles. The van der Waals surface area contributed by atoms with Crippen LogP contribution in [0.1, 0.15) is 29.8 Å². The van der Waals surface area contributed by atoms with Gasteiger partial charge in [0.05, 0.1) is 23.4 Å². The normalized spacial score (nSPS) is 21.4. The number of nitrogens with one attached hydrogen (secondary N) is 1. The van der Waals surface area contributed by atoms with E-state index < -0.39 is 5.92 Å². The number of aromatic amines is 1. The average molecular weight is 291 g/mol. The first kappa shape index (κ1) is 12.8. The van der Waals surface area contributed by atoms with Crippen molar-refractivity contribution in [1.29, 1.82) is 5.26 Å². The number of fused-ring (bicyclic) bond motifs is 1. The summed E-state index contributed by atoms with van der Waals surface area (Å²) in [5.41, 5.74) is 1.60. The summed E-state index contributed by atoms with van der Waals surface area (Å²) in [6.07, 6.45) is 2.35. The molecule has 3 atom stereocenters. The number of hydrogen-bond donors (Lipinski definition) is 1. The fourth-order valence-corrected chi connectivity index (χ4v) is 2.91. The Bertz CT molecular complexity index is 840. The molecule has 1 fully saturated rings. The molecule has 1 aliphatic rings. The van der Waals surface area contributed by atoms with Gasteiger partial charge in [0.15, 0.2) is 11.7 Å².